The standard InChI is InChI=1S/C23H30O4Si/c1-23(2,3)28(18-10-6-4-7-11-18,19-12-8-5-9-13-19)25-16-17-14-20-21(26-17)15-22(24)27-20/h4-13,17,20-22,24H,14-16H2,1-3H3/t17-,20-,21-,22?/m1/s1. The van der Waals surface area contributed by atoms with Gasteiger partial charge in [-0.05, 0) is 15.4 Å². The van der Waals surface area contributed by atoms with Crippen LogP contribution in [0.5, 0.6) is 0 Å². The van der Waals surface area contributed by atoms with E-state index in [1.54, 1.807) is 0 Å². The molecule has 4 atom stereocenters. The second-order valence-electron chi connectivity index (χ2n) is 8.87. The monoisotopic (exact) mass is 398 g/mol. The van der Waals surface area contributed by atoms with Crippen molar-refractivity contribution < 1.29 is 19.0 Å². The van der Waals surface area contributed by atoms with Gasteiger partial charge in [0.25, 0.3) is 8.32 Å². The first-order chi connectivity index (χ1) is 13.4. The highest BCUT2D eigenvalue weighted by atomic mass is 28.4. The van der Waals surface area contributed by atoms with Gasteiger partial charge in [0.15, 0.2) is 6.29 Å². The molecule has 2 saturated heterocycles. The molecule has 2 aliphatic heterocycles. The van der Waals surface area contributed by atoms with Crippen LogP contribution in [0.2, 0.25) is 5.04 Å². The molecule has 0 bridgehead atoms. The maximum absolute atomic E-state index is 9.66. The Labute approximate surface area is 168 Å². The minimum atomic E-state index is -2.54. The first kappa shape index (κ1) is 19.8. The second-order valence-corrected chi connectivity index (χ2v) is 13.2. The number of benzene rings is 2. The van der Waals surface area contributed by atoms with Crippen molar-refractivity contribution in [1.82, 2.24) is 0 Å². The first-order valence-electron chi connectivity index (χ1n) is 10.1. The minimum absolute atomic E-state index is 0.00384. The van der Waals surface area contributed by atoms with Crippen LogP contribution >= 0.6 is 0 Å². The Morgan fingerprint density at radius 1 is 0.893 bits per heavy atom. The van der Waals surface area contributed by atoms with Crippen LogP contribution in [0.25, 0.3) is 0 Å². The van der Waals surface area contributed by atoms with Crippen LogP contribution < -0.4 is 10.4 Å². The molecule has 5 heteroatoms. The fourth-order valence-corrected chi connectivity index (χ4v) is 9.29. The summed E-state index contributed by atoms with van der Waals surface area (Å²) in [6, 6.07) is 21.3. The lowest BCUT2D eigenvalue weighted by atomic mass is 10.1. The number of rotatable bonds is 5. The van der Waals surface area contributed by atoms with E-state index in [4.69, 9.17) is 13.9 Å². The Bertz CT molecular complexity index is 721. The Morgan fingerprint density at radius 2 is 1.43 bits per heavy atom. The van der Waals surface area contributed by atoms with E-state index >= 15 is 0 Å². The zero-order valence-corrected chi connectivity index (χ0v) is 17.9. The molecule has 0 saturated carbocycles. The van der Waals surface area contributed by atoms with E-state index in [0.717, 1.165) is 6.42 Å². The lowest BCUT2D eigenvalue weighted by molar-refractivity contribution is -0.0917. The van der Waals surface area contributed by atoms with Crippen molar-refractivity contribution >= 4 is 18.7 Å². The highest BCUT2D eigenvalue weighted by molar-refractivity contribution is 6.99. The summed E-state index contributed by atoms with van der Waals surface area (Å²) < 4.78 is 18.7. The number of ether oxygens (including phenoxy) is 2. The smallest absolute Gasteiger partial charge is 0.261 e. The molecule has 4 rings (SSSR count). The average Bonchev–Trinajstić information content (AvgIpc) is 3.20. The van der Waals surface area contributed by atoms with Crippen LogP contribution in [0.15, 0.2) is 60.7 Å². The Kier molecular flexibility index (Phi) is 5.46. The summed E-state index contributed by atoms with van der Waals surface area (Å²) in [6.07, 6.45) is 0.628. The van der Waals surface area contributed by atoms with Crippen LogP contribution in [0.3, 0.4) is 0 Å². The van der Waals surface area contributed by atoms with Gasteiger partial charge in [-0.3, -0.25) is 0 Å². The molecule has 0 amide bonds. The minimum Gasteiger partial charge on any atom is -0.405 e. The molecule has 2 aromatic rings. The van der Waals surface area contributed by atoms with Crippen molar-refractivity contribution in [3.8, 4) is 0 Å². The summed E-state index contributed by atoms with van der Waals surface area (Å²) in [4.78, 5) is 0. The van der Waals surface area contributed by atoms with Gasteiger partial charge >= 0.3 is 0 Å². The van der Waals surface area contributed by atoms with Crippen LogP contribution in [-0.2, 0) is 13.9 Å². The number of aliphatic hydroxyl groups is 1. The third kappa shape index (κ3) is 3.58. The van der Waals surface area contributed by atoms with Gasteiger partial charge in [0.1, 0.15) is 0 Å². The summed E-state index contributed by atoms with van der Waals surface area (Å²) in [7, 11) is -2.54. The third-order valence-corrected chi connectivity index (χ3v) is 11.0. The number of aliphatic hydroxyl groups excluding tert-OH is 1. The van der Waals surface area contributed by atoms with Gasteiger partial charge in [0, 0.05) is 12.8 Å². The number of hydrogen-bond donors (Lipinski definition) is 1. The highest BCUT2D eigenvalue weighted by Crippen LogP contribution is 2.38. The third-order valence-electron chi connectivity index (χ3n) is 5.95. The zero-order valence-electron chi connectivity index (χ0n) is 16.9. The second kappa shape index (κ2) is 7.73. The topological polar surface area (TPSA) is 47.9 Å². The van der Waals surface area contributed by atoms with Gasteiger partial charge < -0.3 is 19.0 Å². The van der Waals surface area contributed by atoms with Crippen LogP contribution in [-0.4, -0.2) is 44.6 Å². The van der Waals surface area contributed by atoms with Gasteiger partial charge in [-0.15, -0.1) is 0 Å². The van der Waals surface area contributed by atoms with Crippen molar-refractivity contribution in [2.45, 2.75) is 63.3 Å². The maximum Gasteiger partial charge on any atom is 0.261 e. The zero-order chi connectivity index (χ0) is 19.8. The largest absolute Gasteiger partial charge is 0.405 e. The van der Waals surface area contributed by atoms with E-state index in [1.807, 2.05) is 0 Å². The molecule has 2 fully saturated rings. The molecule has 2 aromatic carbocycles. The van der Waals surface area contributed by atoms with Gasteiger partial charge in [0.05, 0.1) is 24.9 Å². The van der Waals surface area contributed by atoms with E-state index in [-0.39, 0.29) is 23.4 Å². The molecule has 0 aliphatic carbocycles. The lowest BCUT2D eigenvalue weighted by Crippen LogP contribution is -2.67. The van der Waals surface area contributed by atoms with Crippen molar-refractivity contribution in [1.29, 1.82) is 0 Å². The number of fused-ring (bicyclic) bond motifs is 1. The van der Waals surface area contributed by atoms with E-state index in [2.05, 4.69) is 81.4 Å². The van der Waals surface area contributed by atoms with Gasteiger partial charge in [-0.1, -0.05) is 81.4 Å². The van der Waals surface area contributed by atoms with E-state index < -0.39 is 14.6 Å². The summed E-state index contributed by atoms with van der Waals surface area (Å²) in [5.41, 5.74) is 0. The predicted octanol–water partition coefficient (Wildman–Crippen LogP) is 2.83. The quantitative estimate of drug-likeness (QED) is 0.787. The van der Waals surface area contributed by atoms with Crippen molar-refractivity contribution in [3.63, 3.8) is 0 Å². The molecule has 0 radical (unpaired) electrons. The summed E-state index contributed by atoms with van der Waals surface area (Å²) in [5.74, 6) is 0. The predicted molar refractivity (Wildman–Crippen MR) is 112 cm³/mol. The summed E-state index contributed by atoms with van der Waals surface area (Å²) in [5, 5.41) is 12.2. The Hall–Kier alpha value is -1.50. The van der Waals surface area contributed by atoms with Gasteiger partial charge in [-0.2, -0.15) is 0 Å². The fourth-order valence-electron chi connectivity index (χ4n) is 4.69. The SMILES string of the molecule is CC(C)(C)[Si](OC[C@H]1C[C@H]2OC(O)C[C@H]2O1)(c1ccccc1)c1ccccc1. The van der Waals surface area contributed by atoms with E-state index in [0.29, 0.717) is 13.0 Å². The normalized spacial score (nSPS) is 27.7. The van der Waals surface area contributed by atoms with Crippen LogP contribution in [0.1, 0.15) is 33.6 Å². The van der Waals surface area contributed by atoms with Crippen molar-refractivity contribution in [2.24, 2.45) is 0 Å². The molecule has 0 spiro atoms. The molecule has 0 aromatic heterocycles. The average molecular weight is 399 g/mol. The highest BCUT2D eigenvalue weighted by Gasteiger charge is 2.51. The number of hydrogen-bond acceptors (Lipinski definition) is 4. The van der Waals surface area contributed by atoms with Gasteiger partial charge in [-0.25, -0.2) is 0 Å². The molecule has 150 valence electrons. The molecule has 2 aliphatic rings. The molecule has 1 N–H and O–H groups in total. The molecular weight excluding hydrogens is 368 g/mol. The molecule has 28 heavy (non-hydrogen) atoms. The van der Waals surface area contributed by atoms with E-state index in [9.17, 15) is 5.11 Å². The molecule has 4 nitrogen and oxygen atoms in total. The summed E-state index contributed by atoms with van der Waals surface area (Å²) in [6.45, 7) is 7.38. The van der Waals surface area contributed by atoms with Crippen LogP contribution in [0, 0.1) is 0 Å². The maximum atomic E-state index is 9.66. The summed E-state index contributed by atoms with van der Waals surface area (Å²) >= 11 is 0. The first-order valence-corrected chi connectivity index (χ1v) is 12.0. The lowest BCUT2D eigenvalue weighted by Gasteiger charge is -2.43. The van der Waals surface area contributed by atoms with Crippen molar-refractivity contribution in [3.05, 3.63) is 60.7 Å². The molecule has 1 unspecified atom stereocenters. The fraction of sp³-hybridized carbons (Fsp3) is 0.478. The molecular formula is C23H30O4Si. The van der Waals surface area contributed by atoms with E-state index in [1.165, 1.54) is 10.4 Å². The van der Waals surface area contributed by atoms with Crippen LogP contribution in [0.4, 0.5) is 0 Å². The Balaban J connectivity index is 1.64. The molecule has 2 heterocycles. The van der Waals surface area contributed by atoms with Crippen molar-refractivity contribution in [2.75, 3.05) is 6.61 Å². The van der Waals surface area contributed by atoms with Gasteiger partial charge in [0.2, 0.25) is 0 Å². The Morgan fingerprint density at radius 3 is 1.93 bits per heavy atom.